The molecule has 7 nitrogen and oxygen atoms in total. The Labute approximate surface area is 168 Å². The summed E-state index contributed by atoms with van der Waals surface area (Å²) in [5.74, 6) is 1.05. The fourth-order valence-corrected chi connectivity index (χ4v) is 3.05. The first-order valence-electron chi connectivity index (χ1n) is 9.21. The molecular weight excluding hydrogens is 385 g/mol. The van der Waals surface area contributed by atoms with E-state index < -0.39 is 5.82 Å². The van der Waals surface area contributed by atoms with Crippen molar-refractivity contribution in [1.29, 1.82) is 0 Å². The average molecular weight is 408 g/mol. The molecule has 150 valence electrons. The normalized spacial score (nSPS) is 14.0. The number of benzene rings is 1. The van der Waals surface area contributed by atoms with Crippen LogP contribution >= 0.6 is 11.6 Å². The van der Waals surface area contributed by atoms with Crippen molar-refractivity contribution in [2.24, 2.45) is 0 Å². The molecule has 0 atom stereocenters. The highest BCUT2D eigenvalue weighted by molar-refractivity contribution is 6.30. The fraction of sp³-hybridized carbons (Fsp3) is 0.421. The molecule has 0 unspecified atom stereocenters. The molecule has 3 rings (SSSR count). The third kappa shape index (κ3) is 6.03. The zero-order valence-corrected chi connectivity index (χ0v) is 16.2. The van der Waals surface area contributed by atoms with Gasteiger partial charge in [-0.15, -0.1) is 0 Å². The lowest BCUT2D eigenvalue weighted by Gasteiger charge is -2.27. The Hall–Kier alpha value is -2.45. The zero-order valence-electron chi connectivity index (χ0n) is 15.5. The predicted octanol–water partition coefficient (Wildman–Crippen LogP) is 2.27. The first kappa shape index (κ1) is 20.3. The molecule has 1 amide bonds. The van der Waals surface area contributed by atoms with Crippen molar-refractivity contribution in [2.45, 2.75) is 12.8 Å². The van der Waals surface area contributed by atoms with E-state index in [1.54, 1.807) is 12.1 Å². The van der Waals surface area contributed by atoms with Gasteiger partial charge in [0.05, 0.1) is 18.2 Å². The molecule has 2 N–H and O–H groups in total. The van der Waals surface area contributed by atoms with Crippen molar-refractivity contribution in [3.05, 3.63) is 47.0 Å². The number of amides is 1. The van der Waals surface area contributed by atoms with Crippen molar-refractivity contribution < 1.29 is 13.9 Å². The maximum atomic E-state index is 13.1. The largest absolute Gasteiger partial charge is 0.378 e. The van der Waals surface area contributed by atoms with E-state index in [9.17, 15) is 9.18 Å². The highest BCUT2D eigenvalue weighted by Gasteiger charge is 2.13. The van der Waals surface area contributed by atoms with E-state index >= 15 is 0 Å². The maximum Gasteiger partial charge on any atom is 0.220 e. The average Bonchev–Trinajstić information content (AvgIpc) is 2.73. The topological polar surface area (TPSA) is 79.4 Å². The van der Waals surface area contributed by atoms with Gasteiger partial charge in [-0.05, 0) is 24.1 Å². The summed E-state index contributed by atoms with van der Waals surface area (Å²) < 4.78 is 18.5. The second-order valence-corrected chi connectivity index (χ2v) is 6.79. The minimum absolute atomic E-state index is 0.0704. The van der Waals surface area contributed by atoms with E-state index in [0.29, 0.717) is 45.0 Å². The number of carbonyl (C=O) groups excluding carboxylic acids is 1. The molecule has 1 aromatic heterocycles. The monoisotopic (exact) mass is 407 g/mol. The summed E-state index contributed by atoms with van der Waals surface area (Å²) in [6, 6.07) is 6.39. The van der Waals surface area contributed by atoms with Gasteiger partial charge in [-0.1, -0.05) is 17.7 Å². The van der Waals surface area contributed by atoms with Crippen molar-refractivity contribution in [2.75, 3.05) is 49.6 Å². The Morgan fingerprint density at radius 2 is 2.04 bits per heavy atom. The highest BCUT2D eigenvalue weighted by atomic mass is 35.5. The first-order chi connectivity index (χ1) is 13.6. The van der Waals surface area contributed by atoms with Gasteiger partial charge in [0.2, 0.25) is 5.91 Å². The molecule has 1 aromatic carbocycles. The summed E-state index contributed by atoms with van der Waals surface area (Å²) in [5.41, 5.74) is 0.830. The molecule has 9 heteroatoms. The van der Waals surface area contributed by atoms with Crippen LogP contribution in [-0.2, 0) is 16.0 Å². The quantitative estimate of drug-likeness (QED) is 0.653. The fourth-order valence-electron chi connectivity index (χ4n) is 2.84. The van der Waals surface area contributed by atoms with Gasteiger partial charge in [-0.25, -0.2) is 14.4 Å². The van der Waals surface area contributed by atoms with Crippen molar-refractivity contribution >= 4 is 29.1 Å². The van der Waals surface area contributed by atoms with Crippen molar-refractivity contribution in [3.63, 3.8) is 0 Å². The Morgan fingerprint density at radius 3 is 2.82 bits per heavy atom. The molecule has 0 spiro atoms. The molecule has 0 radical (unpaired) electrons. The van der Waals surface area contributed by atoms with Crippen LogP contribution in [0, 0.1) is 5.82 Å². The van der Waals surface area contributed by atoms with Crippen LogP contribution in [0.15, 0.2) is 30.6 Å². The van der Waals surface area contributed by atoms with Gasteiger partial charge in [0.1, 0.15) is 23.8 Å². The number of anilines is 2. The summed E-state index contributed by atoms with van der Waals surface area (Å²) in [7, 11) is 0. The van der Waals surface area contributed by atoms with E-state index in [2.05, 4.69) is 25.5 Å². The number of halogens is 2. The lowest BCUT2D eigenvalue weighted by Crippen LogP contribution is -2.36. The van der Waals surface area contributed by atoms with E-state index in [1.807, 2.05) is 6.07 Å². The van der Waals surface area contributed by atoms with E-state index in [-0.39, 0.29) is 10.9 Å². The molecule has 2 heterocycles. The summed E-state index contributed by atoms with van der Waals surface area (Å²) in [6.07, 6.45) is 2.35. The number of nitrogens with one attached hydrogen (secondary N) is 2. The summed E-state index contributed by atoms with van der Waals surface area (Å²) in [5, 5.41) is 6.11. The number of aromatic nitrogens is 2. The number of hydrogen-bond acceptors (Lipinski definition) is 6. The van der Waals surface area contributed by atoms with E-state index in [1.165, 1.54) is 12.4 Å². The number of rotatable bonds is 8. The summed E-state index contributed by atoms with van der Waals surface area (Å²) in [4.78, 5) is 22.6. The zero-order chi connectivity index (χ0) is 19.8. The van der Waals surface area contributed by atoms with Crippen LogP contribution in [-0.4, -0.2) is 55.3 Å². The number of carbonyl (C=O) groups is 1. The van der Waals surface area contributed by atoms with Crippen LogP contribution in [0.5, 0.6) is 0 Å². The van der Waals surface area contributed by atoms with Gasteiger partial charge < -0.3 is 20.3 Å². The van der Waals surface area contributed by atoms with Gasteiger partial charge in [-0.3, -0.25) is 4.79 Å². The van der Waals surface area contributed by atoms with Crippen LogP contribution in [0.1, 0.15) is 12.0 Å². The third-order valence-electron chi connectivity index (χ3n) is 4.37. The van der Waals surface area contributed by atoms with Gasteiger partial charge in [-0.2, -0.15) is 0 Å². The van der Waals surface area contributed by atoms with Gasteiger partial charge in [0, 0.05) is 38.7 Å². The molecule has 0 bridgehead atoms. The standard InChI is InChI=1S/C19H23ClFN5O2/c20-15-11-14(1-3-16(15)21)2-4-19(27)23-6-5-22-17-12-18(25-13-24-17)26-7-9-28-10-8-26/h1,3,11-13H,2,4-10H2,(H,23,27)(H,22,24,25). The van der Waals surface area contributed by atoms with Gasteiger partial charge in [0.15, 0.2) is 0 Å². The van der Waals surface area contributed by atoms with Crippen LogP contribution in [0.3, 0.4) is 0 Å². The molecule has 0 aliphatic carbocycles. The minimum atomic E-state index is -0.456. The maximum absolute atomic E-state index is 13.1. The van der Waals surface area contributed by atoms with E-state index in [0.717, 1.165) is 24.5 Å². The molecule has 28 heavy (non-hydrogen) atoms. The van der Waals surface area contributed by atoms with Crippen LogP contribution in [0.4, 0.5) is 16.0 Å². The lowest BCUT2D eigenvalue weighted by atomic mass is 10.1. The molecule has 1 aliphatic rings. The first-order valence-corrected chi connectivity index (χ1v) is 9.59. The Kier molecular flexibility index (Phi) is 7.39. The molecule has 1 aliphatic heterocycles. The summed E-state index contributed by atoms with van der Waals surface area (Å²) >= 11 is 5.75. The molecule has 1 saturated heterocycles. The van der Waals surface area contributed by atoms with Gasteiger partial charge >= 0.3 is 0 Å². The third-order valence-corrected chi connectivity index (χ3v) is 4.66. The Balaban J connectivity index is 1.37. The molecule has 2 aromatic rings. The lowest BCUT2D eigenvalue weighted by molar-refractivity contribution is -0.120. The summed E-state index contributed by atoms with van der Waals surface area (Å²) in [6.45, 7) is 4.04. The minimum Gasteiger partial charge on any atom is -0.378 e. The smallest absolute Gasteiger partial charge is 0.220 e. The number of hydrogen-bond donors (Lipinski definition) is 2. The SMILES string of the molecule is O=C(CCc1ccc(F)c(Cl)c1)NCCNc1cc(N2CCOCC2)ncn1. The Bertz CT molecular complexity index is 802. The molecule has 0 saturated carbocycles. The molecule has 1 fully saturated rings. The second-order valence-electron chi connectivity index (χ2n) is 6.39. The van der Waals surface area contributed by atoms with Crippen LogP contribution in [0.25, 0.3) is 0 Å². The number of morpholine rings is 1. The Morgan fingerprint density at radius 1 is 1.21 bits per heavy atom. The van der Waals surface area contributed by atoms with Crippen LogP contribution < -0.4 is 15.5 Å². The van der Waals surface area contributed by atoms with Crippen molar-refractivity contribution in [3.8, 4) is 0 Å². The van der Waals surface area contributed by atoms with E-state index in [4.69, 9.17) is 16.3 Å². The van der Waals surface area contributed by atoms with Gasteiger partial charge in [0.25, 0.3) is 0 Å². The van der Waals surface area contributed by atoms with Crippen LogP contribution in [0.2, 0.25) is 5.02 Å². The highest BCUT2D eigenvalue weighted by Crippen LogP contribution is 2.17. The number of aryl methyl sites for hydroxylation is 1. The van der Waals surface area contributed by atoms with Crippen molar-refractivity contribution in [1.82, 2.24) is 15.3 Å². The predicted molar refractivity (Wildman–Crippen MR) is 106 cm³/mol. The second kappa shape index (κ2) is 10.2. The number of nitrogens with zero attached hydrogens (tertiary/aromatic N) is 3. The molecular formula is C19H23ClFN5O2. The number of ether oxygens (including phenoxy) is 1.